The number of hydrogen-bond donors (Lipinski definition) is 2. The molecule has 1 aliphatic carbocycles. The number of aliphatic hydroxyl groups is 1. The highest BCUT2D eigenvalue weighted by molar-refractivity contribution is 5.81. The summed E-state index contributed by atoms with van der Waals surface area (Å²) in [4.78, 5) is 14.6. The van der Waals surface area contributed by atoms with Gasteiger partial charge in [0, 0.05) is 19.1 Å². The zero-order chi connectivity index (χ0) is 16.7. The molecule has 2 aliphatic rings. The van der Waals surface area contributed by atoms with Gasteiger partial charge in [0.2, 0.25) is 0 Å². The van der Waals surface area contributed by atoms with E-state index in [2.05, 4.69) is 16.8 Å². The zero-order valence-electron chi connectivity index (χ0n) is 14.4. The lowest BCUT2D eigenvalue weighted by atomic mass is 9.94. The van der Waals surface area contributed by atoms with Gasteiger partial charge < -0.3 is 20.1 Å². The predicted molar refractivity (Wildman–Crippen MR) is 91.2 cm³/mol. The zero-order valence-corrected chi connectivity index (χ0v) is 14.4. The first kappa shape index (κ1) is 18.4. The van der Waals surface area contributed by atoms with Gasteiger partial charge in [0.15, 0.2) is 6.10 Å². The molecule has 5 heteroatoms. The van der Waals surface area contributed by atoms with Crippen LogP contribution in [0.5, 0.6) is 0 Å². The number of nitrogens with one attached hydrogen (secondary N) is 1. The van der Waals surface area contributed by atoms with Crippen molar-refractivity contribution in [2.24, 2.45) is 0 Å². The van der Waals surface area contributed by atoms with E-state index < -0.39 is 12.2 Å². The van der Waals surface area contributed by atoms with E-state index in [4.69, 9.17) is 4.74 Å². The van der Waals surface area contributed by atoms with Crippen molar-refractivity contribution in [2.45, 2.75) is 75.7 Å². The van der Waals surface area contributed by atoms with Gasteiger partial charge in [-0.3, -0.25) is 4.79 Å². The second kappa shape index (κ2) is 9.40. The van der Waals surface area contributed by atoms with E-state index in [-0.39, 0.29) is 18.1 Å². The molecule has 1 aliphatic heterocycles. The molecule has 1 heterocycles. The third-order valence-corrected chi connectivity index (χ3v) is 4.96. The van der Waals surface area contributed by atoms with Crippen molar-refractivity contribution in [2.75, 3.05) is 20.1 Å². The molecule has 2 N–H and O–H groups in total. The topological polar surface area (TPSA) is 61.8 Å². The van der Waals surface area contributed by atoms with Crippen LogP contribution in [0.4, 0.5) is 0 Å². The Hall–Kier alpha value is -0.910. The average Bonchev–Trinajstić information content (AvgIpc) is 2.55. The Labute approximate surface area is 140 Å². The minimum absolute atomic E-state index is 0.0489. The first-order valence-corrected chi connectivity index (χ1v) is 9.03. The maximum atomic E-state index is 12.4. The van der Waals surface area contributed by atoms with Crippen molar-refractivity contribution < 1.29 is 14.6 Å². The Morgan fingerprint density at radius 3 is 2.74 bits per heavy atom. The van der Waals surface area contributed by atoms with E-state index in [1.54, 1.807) is 0 Å². The van der Waals surface area contributed by atoms with Crippen molar-refractivity contribution in [3.05, 3.63) is 12.7 Å². The van der Waals surface area contributed by atoms with Crippen LogP contribution in [0.2, 0.25) is 0 Å². The van der Waals surface area contributed by atoms with Gasteiger partial charge in [0.05, 0.1) is 12.2 Å². The lowest BCUT2D eigenvalue weighted by Crippen LogP contribution is -2.51. The molecule has 1 saturated heterocycles. The predicted octanol–water partition coefficient (Wildman–Crippen LogP) is 1.85. The minimum Gasteiger partial charge on any atom is -0.390 e. The highest BCUT2D eigenvalue weighted by atomic mass is 16.5. The van der Waals surface area contributed by atoms with Crippen LogP contribution >= 0.6 is 0 Å². The van der Waals surface area contributed by atoms with Crippen molar-refractivity contribution in [3.63, 3.8) is 0 Å². The summed E-state index contributed by atoms with van der Waals surface area (Å²) >= 11 is 0. The van der Waals surface area contributed by atoms with Crippen molar-refractivity contribution in [1.82, 2.24) is 10.2 Å². The van der Waals surface area contributed by atoms with Crippen LogP contribution in [0.15, 0.2) is 12.7 Å². The SMILES string of the molecule is C=CCN(C)CC[C@@H]1CC[C@H](O)[C@@H](C(=O)NC2CCCCC2)O1. The highest BCUT2D eigenvalue weighted by Gasteiger charge is 2.35. The van der Waals surface area contributed by atoms with Gasteiger partial charge in [-0.15, -0.1) is 6.58 Å². The summed E-state index contributed by atoms with van der Waals surface area (Å²) in [6, 6.07) is 0.256. The van der Waals surface area contributed by atoms with Crippen LogP contribution in [0.3, 0.4) is 0 Å². The largest absolute Gasteiger partial charge is 0.390 e. The molecular weight excluding hydrogens is 292 g/mol. The van der Waals surface area contributed by atoms with Crippen LogP contribution in [-0.2, 0) is 9.53 Å². The number of carbonyl (C=O) groups is 1. The highest BCUT2D eigenvalue weighted by Crippen LogP contribution is 2.23. The number of nitrogens with zero attached hydrogens (tertiary/aromatic N) is 1. The molecule has 0 bridgehead atoms. The molecule has 0 aromatic carbocycles. The molecule has 5 nitrogen and oxygen atoms in total. The summed E-state index contributed by atoms with van der Waals surface area (Å²) in [5, 5.41) is 13.2. The van der Waals surface area contributed by atoms with Gasteiger partial charge in [-0.1, -0.05) is 25.3 Å². The monoisotopic (exact) mass is 324 g/mol. The minimum atomic E-state index is -0.708. The molecule has 1 amide bonds. The second-order valence-electron chi connectivity index (χ2n) is 7.01. The first-order valence-electron chi connectivity index (χ1n) is 9.03. The number of carbonyl (C=O) groups excluding carboxylic acids is 1. The maximum absolute atomic E-state index is 12.4. The molecule has 3 atom stereocenters. The molecule has 0 radical (unpaired) electrons. The normalized spacial score (nSPS) is 29.4. The van der Waals surface area contributed by atoms with Crippen LogP contribution in [0, 0.1) is 0 Å². The number of aliphatic hydroxyl groups excluding tert-OH is 1. The summed E-state index contributed by atoms with van der Waals surface area (Å²) in [7, 11) is 2.05. The molecular formula is C18H32N2O3. The Morgan fingerprint density at radius 1 is 1.30 bits per heavy atom. The van der Waals surface area contributed by atoms with E-state index in [0.717, 1.165) is 38.8 Å². The van der Waals surface area contributed by atoms with Gasteiger partial charge in [-0.25, -0.2) is 0 Å². The summed E-state index contributed by atoms with van der Waals surface area (Å²) in [6.07, 6.45) is 8.58. The van der Waals surface area contributed by atoms with Crippen LogP contribution in [0.1, 0.15) is 51.4 Å². The third-order valence-electron chi connectivity index (χ3n) is 4.96. The molecule has 0 aromatic heterocycles. The summed E-state index contributed by atoms with van der Waals surface area (Å²) in [5.41, 5.74) is 0. The number of amides is 1. The first-order chi connectivity index (χ1) is 11.1. The fourth-order valence-electron chi connectivity index (χ4n) is 3.53. The fraction of sp³-hybridized carbons (Fsp3) is 0.833. The smallest absolute Gasteiger partial charge is 0.252 e. The van der Waals surface area contributed by atoms with Gasteiger partial charge in [0.25, 0.3) is 5.91 Å². The summed E-state index contributed by atoms with van der Waals surface area (Å²) < 4.78 is 5.92. The molecule has 23 heavy (non-hydrogen) atoms. The van der Waals surface area contributed by atoms with E-state index in [9.17, 15) is 9.90 Å². The fourth-order valence-corrected chi connectivity index (χ4v) is 3.53. The van der Waals surface area contributed by atoms with Gasteiger partial charge in [-0.05, 0) is 39.2 Å². The number of likely N-dealkylation sites (N-methyl/N-ethyl adjacent to an activating group) is 1. The van der Waals surface area contributed by atoms with Crippen molar-refractivity contribution in [3.8, 4) is 0 Å². The lowest BCUT2D eigenvalue weighted by molar-refractivity contribution is -0.159. The molecule has 132 valence electrons. The molecule has 0 spiro atoms. The van der Waals surface area contributed by atoms with E-state index in [1.165, 1.54) is 19.3 Å². The van der Waals surface area contributed by atoms with Gasteiger partial charge in [-0.2, -0.15) is 0 Å². The number of rotatable bonds is 7. The molecule has 0 unspecified atom stereocenters. The Bertz CT molecular complexity index is 382. The Morgan fingerprint density at radius 2 is 2.04 bits per heavy atom. The van der Waals surface area contributed by atoms with Crippen LogP contribution < -0.4 is 5.32 Å². The molecule has 2 rings (SSSR count). The lowest BCUT2D eigenvalue weighted by Gasteiger charge is -2.35. The standard InChI is InChI=1S/C18H32N2O3/c1-3-12-20(2)13-11-15-9-10-16(21)17(23-15)18(22)19-14-7-5-4-6-8-14/h3,14-17,21H,1,4-13H2,2H3,(H,19,22)/t15-,16-,17-/m0/s1. The van der Waals surface area contributed by atoms with E-state index >= 15 is 0 Å². The van der Waals surface area contributed by atoms with Crippen molar-refractivity contribution >= 4 is 5.91 Å². The molecule has 0 aromatic rings. The third kappa shape index (κ3) is 5.90. The van der Waals surface area contributed by atoms with Crippen molar-refractivity contribution in [1.29, 1.82) is 0 Å². The Kier molecular flexibility index (Phi) is 7.53. The van der Waals surface area contributed by atoms with E-state index in [0.29, 0.717) is 6.42 Å². The summed E-state index contributed by atoms with van der Waals surface area (Å²) in [6.45, 7) is 5.49. The molecule has 1 saturated carbocycles. The van der Waals surface area contributed by atoms with E-state index in [1.807, 2.05) is 13.1 Å². The second-order valence-corrected chi connectivity index (χ2v) is 7.01. The Balaban J connectivity index is 1.79. The summed E-state index contributed by atoms with van der Waals surface area (Å²) in [5.74, 6) is -0.131. The van der Waals surface area contributed by atoms with Crippen LogP contribution in [0.25, 0.3) is 0 Å². The number of hydrogen-bond acceptors (Lipinski definition) is 4. The maximum Gasteiger partial charge on any atom is 0.252 e. The molecule has 2 fully saturated rings. The quantitative estimate of drug-likeness (QED) is 0.702. The number of ether oxygens (including phenoxy) is 1. The average molecular weight is 324 g/mol. The van der Waals surface area contributed by atoms with Gasteiger partial charge in [0.1, 0.15) is 0 Å². The van der Waals surface area contributed by atoms with Crippen LogP contribution in [-0.4, -0.2) is 60.4 Å². The van der Waals surface area contributed by atoms with Gasteiger partial charge >= 0.3 is 0 Å².